The molecule has 1 amide bonds. The van der Waals surface area contributed by atoms with Crippen LogP contribution in [-0.2, 0) is 19.6 Å². The average molecular weight is 428 g/mol. The molecule has 2 saturated heterocycles. The quantitative estimate of drug-likeness (QED) is 0.701. The van der Waals surface area contributed by atoms with Crippen molar-refractivity contribution in [1.29, 1.82) is 0 Å². The number of hydrogen-bond acceptors (Lipinski definition) is 5. The van der Waals surface area contributed by atoms with Crippen molar-refractivity contribution in [2.24, 2.45) is 11.8 Å². The average Bonchev–Trinajstić information content (AvgIpc) is 3.19. The van der Waals surface area contributed by atoms with Crippen LogP contribution in [0.15, 0.2) is 0 Å². The largest absolute Gasteiger partial charge is 0.367 e. The fraction of sp³-hybridized carbons (Fsp3) is 0.952. The number of sulfonamides is 1. The van der Waals surface area contributed by atoms with Crippen molar-refractivity contribution in [2.45, 2.75) is 94.2 Å². The molecule has 6 unspecified atom stereocenters. The Morgan fingerprint density at radius 1 is 1.03 bits per heavy atom. The van der Waals surface area contributed by atoms with Crippen LogP contribution in [0.25, 0.3) is 0 Å². The molecule has 0 bridgehead atoms. The Kier molecular flexibility index (Phi) is 6.83. The van der Waals surface area contributed by atoms with Crippen LogP contribution in [0.2, 0.25) is 0 Å². The lowest BCUT2D eigenvalue weighted by molar-refractivity contribution is -0.127. The van der Waals surface area contributed by atoms with Gasteiger partial charge in [-0.05, 0) is 57.3 Å². The van der Waals surface area contributed by atoms with Gasteiger partial charge in [-0.3, -0.25) is 10.1 Å². The van der Waals surface area contributed by atoms with Gasteiger partial charge in [0.1, 0.15) is 6.23 Å². The molecular weight excluding hydrogens is 390 g/mol. The van der Waals surface area contributed by atoms with E-state index in [9.17, 15) is 13.2 Å². The number of nitrogens with zero attached hydrogens (tertiary/aromatic N) is 1. The summed E-state index contributed by atoms with van der Waals surface area (Å²) in [7, 11) is -1.63. The number of ether oxygens (including phenoxy) is 1. The van der Waals surface area contributed by atoms with E-state index in [1.807, 2.05) is 4.31 Å². The highest BCUT2D eigenvalue weighted by Crippen LogP contribution is 2.40. The van der Waals surface area contributed by atoms with Gasteiger partial charge in [0.15, 0.2) is 0 Å². The van der Waals surface area contributed by atoms with Crippen LogP contribution in [0.3, 0.4) is 0 Å². The third-order valence-electron chi connectivity index (χ3n) is 7.70. The van der Waals surface area contributed by atoms with E-state index in [0.717, 1.165) is 44.9 Å². The summed E-state index contributed by atoms with van der Waals surface area (Å²) in [5.74, 6) is 0.397. The van der Waals surface area contributed by atoms with Crippen LogP contribution < -0.4 is 10.6 Å². The van der Waals surface area contributed by atoms with E-state index >= 15 is 0 Å². The first-order chi connectivity index (χ1) is 14.0. The van der Waals surface area contributed by atoms with Crippen molar-refractivity contribution in [1.82, 2.24) is 14.9 Å². The van der Waals surface area contributed by atoms with Gasteiger partial charge in [-0.2, -0.15) is 4.31 Å². The highest BCUT2D eigenvalue weighted by Gasteiger charge is 2.46. The van der Waals surface area contributed by atoms with E-state index in [-0.39, 0.29) is 30.1 Å². The van der Waals surface area contributed by atoms with Gasteiger partial charge >= 0.3 is 0 Å². The van der Waals surface area contributed by atoms with Crippen molar-refractivity contribution in [3.63, 3.8) is 0 Å². The predicted octanol–water partition coefficient (Wildman–Crippen LogP) is 1.98. The van der Waals surface area contributed by atoms with Crippen LogP contribution in [0.5, 0.6) is 0 Å². The van der Waals surface area contributed by atoms with Crippen molar-refractivity contribution >= 4 is 15.9 Å². The van der Waals surface area contributed by atoms with Gasteiger partial charge in [0, 0.05) is 38.2 Å². The van der Waals surface area contributed by atoms with E-state index < -0.39 is 15.3 Å². The molecule has 0 spiro atoms. The van der Waals surface area contributed by atoms with Gasteiger partial charge in [0.25, 0.3) is 0 Å². The first-order valence-corrected chi connectivity index (χ1v) is 13.1. The lowest BCUT2D eigenvalue weighted by atomic mass is 9.86. The van der Waals surface area contributed by atoms with Crippen molar-refractivity contribution < 1.29 is 17.9 Å². The molecule has 4 fully saturated rings. The van der Waals surface area contributed by atoms with Gasteiger partial charge in [0.05, 0.1) is 5.25 Å². The molecule has 2 aliphatic carbocycles. The zero-order valence-corrected chi connectivity index (χ0v) is 18.5. The number of amides is 1. The maximum absolute atomic E-state index is 13.4. The summed E-state index contributed by atoms with van der Waals surface area (Å²) in [5.41, 5.74) is 0. The van der Waals surface area contributed by atoms with Crippen LogP contribution >= 0.6 is 0 Å². The molecule has 8 heteroatoms. The Balaban J connectivity index is 1.34. The standard InChI is InChI=1S/C21H37N3O4S/c1-28-20-10-9-17(14-22-20)23-21(25)16-6-4-7-18(13-16)29(26,27)24-12-11-15-5-2-3-8-19(15)24/h15-20,22H,2-14H2,1H3,(H,23,25). The van der Waals surface area contributed by atoms with Crippen molar-refractivity contribution in [2.75, 3.05) is 20.2 Å². The van der Waals surface area contributed by atoms with Crippen LogP contribution in [0, 0.1) is 11.8 Å². The minimum Gasteiger partial charge on any atom is -0.367 e. The number of fused-ring (bicyclic) bond motifs is 1. The molecule has 0 aromatic heterocycles. The summed E-state index contributed by atoms with van der Waals surface area (Å²) in [4.78, 5) is 12.9. The topological polar surface area (TPSA) is 87.7 Å². The van der Waals surface area contributed by atoms with Crippen LogP contribution in [0.4, 0.5) is 0 Å². The first-order valence-electron chi connectivity index (χ1n) is 11.6. The molecule has 6 atom stereocenters. The Morgan fingerprint density at radius 2 is 1.86 bits per heavy atom. The van der Waals surface area contributed by atoms with Gasteiger partial charge in [-0.15, -0.1) is 0 Å². The number of carbonyl (C=O) groups is 1. The van der Waals surface area contributed by atoms with Crippen LogP contribution in [0.1, 0.15) is 70.6 Å². The molecule has 4 rings (SSSR count). The summed E-state index contributed by atoms with van der Waals surface area (Å²) in [5, 5.41) is 6.05. The van der Waals surface area contributed by atoms with Gasteiger partial charge < -0.3 is 10.1 Å². The van der Waals surface area contributed by atoms with Gasteiger partial charge in [-0.25, -0.2) is 8.42 Å². The Morgan fingerprint density at radius 3 is 2.62 bits per heavy atom. The molecule has 0 aromatic rings. The zero-order valence-electron chi connectivity index (χ0n) is 17.6. The molecule has 29 heavy (non-hydrogen) atoms. The second kappa shape index (κ2) is 9.20. The molecule has 2 N–H and O–H groups in total. The summed E-state index contributed by atoms with van der Waals surface area (Å²) >= 11 is 0. The minimum absolute atomic E-state index is 0.0320. The third kappa shape index (κ3) is 4.65. The van der Waals surface area contributed by atoms with Crippen LogP contribution in [-0.4, -0.2) is 62.4 Å². The minimum atomic E-state index is -3.32. The fourth-order valence-electron chi connectivity index (χ4n) is 6.00. The van der Waals surface area contributed by atoms with Gasteiger partial charge in [-0.1, -0.05) is 19.3 Å². The molecule has 4 aliphatic rings. The Hall–Kier alpha value is -0.700. The molecule has 2 heterocycles. The number of carbonyl (C=O) groups excluding carboxylic acids is 1. The van der Waals surface area contributed by atoms with E-state index in [0.29, 0.717) is 31.8 Å². The summed E-state index contributed by atoms with van der Waals surface area (Å²) in [6, 6.07) is 0.317. The number of hydrogen-bond donors (Lipinski definition) is 2. The molecule has 2 saturated carbocycles. The monoisotopic (exact) mass is 427 g/mol. The maximum Gasteiger partial charge on any atom is 0.223 e. The summed E-state index contributed by atoms with van der Waals surface area (Å²) in [6.45, 7) is 1.38. The molecule has 7 nitrogen and oxygen atoms in total. The normalized spacial score (nSPS) is 39.1. The van der Waals surface area contributed by atoms with Gasteiger partial charge in [0.2, 0.25) is 15.9 Å². The Bertz CT molecular complexity index is 677. The molecule has 2 aliphatic heterocycles. The maximum atomic E-state index is 13.4. The Labute approximate surface area is 175 Å². The van der Waals surface area contributed by atoms with E-state index in [4.69, 9.17) is 4.74 Å². The lowest BCUT2D eigenvalue weighted by Gasteiger charge is -2.36. The highest BCUT2D eigenvalue weighted by molar-refractivity contribution is 7.89. The SMILES string of the molecule is COC1CCC(NC(=O)C2CCCC(S(=O)(=O)N3CCC4CCCCC43)C2)CN1. The van der Waals surface area contributed by atoms with E-state index in [1.54, 1.807) is 7.11 Å². The van der Waals surface area contributed by atoms with Crippen molar-refractivity contribution in [3.05, 3.63) is 0 Å². The zero-order chi connectivity index (χ0) is 20.4. The molecular formula is C21H37N3O4S. The number of rotatable bonds is 5. The second-order valence-electron chi connectivity index (χ2n) is 9.46. The fourth-order valence-corrected chi connectivity index (χ4v) is 8.34. The van der Waals surface area contributed by atoms with Crippen molar-refractivity contribution in [3.8, 4) is 0 Å². The lowest BCUT2D eigenvalue weighted by Crippen LogP contribution is -2.52. The second-order valence-corrected chi connectivity index (χ2v) is 11.6. The number of methoxy groups -OCH3 is 1. The molecule has 0 radical (unpaired) electrons. The highest BCUT2D eigenvalue weighted by atomic mass is 32.2. The predicted molar refractivity (Wildman–Crippen MR) is 112 cm³/mol. The first kappa shape index (κ1) is 21.5. The van der Waals surface area contributed by atoms with E-state index in [2.05, 4.69) is 10.6 Å². The van der Waals surface area contributed by atoms with E-state index in [1.165, 1.54) is 12.8 Å². The summed E-state index contributed by atoms with van der Waals surface area (Å²) < 4.78 is 34.0. The number of piperidine rings is 1. The third-order valence-corrected chi connectivity index (χ3v) is 10.1. The molecule has 166 valence electrons. The number of nitrogens with one attached hydrogen (secondary N) is 2. The summed E-state index contributed by atoms with van der Waals surface area (Å²) in [6.07, 6.45) is 10.2. The molecule has 0 aromatic carbocycles. The smallest absolute Gasteiger partial charge is 0.223 e.